The Morgan fingerprint density at radius 2 is 1.90 bits per heavy atom. The highest BCUT2D eigenvalue weighted by molar-refractivity contribution is 5.51. The Balaban J connectivity index is 2.04. The van der Waals surface area contributed by atoms with Crippen LogP contribution < -0.4 is 5.56 Å². The van der Waals surface area contributed by atoms with Crippen LogP contribution in [0.5, 0.6) is 0 Å². The molecule has 3 rings (SSSR count). The highest BCUT2D eigenvalue weighted by Gasteiger charge is 2.37. The van der Waals surface area contributed by atoms with E-state index in [1.54, 1.807) is 30.3 Å². The summed E-state index contributed by atoms with van der Waals surface area (Å²) in [6.45, 7) is 0. The number of rotatable bonds is 2. The second-order valence-corrected chi connectivity index (χ2v) is 4.08. The Kier molecular flexibility index (Phi) is 2.89. The monoisotopic (exact) mass is 296 g/mol. The zero-order chi connectivity index (χ0) is 15.0. The summed E-state index contributed by atoms with van der Waals surface area (Å²) in [6.07, 6.45) is -3.51. The summed E-state index contributed by atoms with van der Waals surface area (Å²) in [4.78, 5) is 15.3. The van der Waals surface area contributed by atoms with Crippen LogP contribution in [0.1, 0.15) is 5.82 Å². The number of hydrogen-bond donors (Lipinski definition) is 1. The minimum Gasteiger partial charge on any atom is -0.333 e. The number of halogens is 3. The number of para-hydroxylation sites is 1. The molecular weight excluding hydrogens is 289 g/mol. The third kappa shape index (κ3) is 2.33. The van der Waals surface area contributed by atoms with E-state index < -0.39 is 23.5 Å². The SMILES string of the molecule is O=c1c(-c2nc(C(F)(F)F)no2)c[nH]n1-c1ccccc1. The number of alkyl halides is 3. The zero-order valence-electron chi connectivity index (χ0n) is 10.3. The number of nitrogens with one attached hydrogen (secondary N) is 1. The number of nitrogens with zero attached hydrogens (tertiary/aromatic N) is 3. The average Bonchev–Trinajstić information content (AvgIpc) is 3.05. The van der Waals surface area contributed by atoms with E-state index in [1.807, 2.05) is 0 Å². The van der Waals surface area contributed by atoms with Crippen LogP contribution in [0.15, 0.2) is 45.8 Å². The number of H-pyrrole nitrogens is 1. The van der Waals surface area contributed by atoms with Gasteiger partial charge in [-0.05, 0) is 12.1 Å². The van der Waals surface area contributed by atoms with Crippen LogP contribution >= 0.6 is 0 Å². The highest BCUT2D eigenvalue weighted by Crippen LogP contribution is 2.27. The van der Waals surface area contributed by atoms with Gasteiger partial charge in [-0.3, -0.25) is 9.89 Å². The summed E-state index contributed by atoms with van der Waals surface area (Å²) in [6, 6.07) is 8.53. The van der Waals surface area contributed by atoms with Gasteiger partial charge in [0.1, 0.15) is 5.56 Å². The molecule has 0 spiro atoms. The number of hydrogen-bond acceptors (Lipinski definition) is 4. The third-order valence-corrected chi connectivity index (χ3v) is 2.70. The van der Waals surface area contributed by atoms with E-state index in [9.17, 15) is 18.0 Å². The molecule has 2 aromatic heterocycles. The lowest BCUT2D eigenvalue weighted by molar-refractivity contribution is -0.146. The Morgan fingerprint density at radius 1 is 1.19 bits per heavy atom. The summed E-state index contributed by atoms with van der Waals surface area (Å²) in [7, 11) is 0. The fraction of sp³-hybridized carbons (Fsp3) is 0.0833. The second kappa shape index (κ2) is 4.62. The average molecular weight is 296 g/mol. The summed E-state index contributed by atoms with van der Waals surface area (Å²) in [5, 5.41) is 5.45. The van der Waals surface area contributed by atoms with E-state index in [1.165, 1.54) is 6.20 Å². The Bertz CT molecular complexity index is 817. The van der Waals surface area contributed by atoms with Crippen molar-refractivity contribution in [1.82, 2.24) is 19.9 Å². The lowest BCUT2D eigenvalue weighted by atomic mass is 10.3. The summed E-state index contributed by atoms with van der Waals surface area (Å²) in [5.41, 5.74) is -0.190. The van der Waals surface area contributed by atoms with Crippen molar-refractivity contribution in [2.75, 3.05) is 0 Å². The molecular formula is C12H7F3N4O2. The largest absolute Gasteiger partial charge is 0.455 e. The lowest BCUT2D eigenvalue weighted by Crippen LogP contribution is -2.15. The van der Waals surface area contributed by atoms with Gasteiger partial charge in [0, 0.05) is 6.20 Å². The maximum atomic E-state index is 12.4. The van der Waals surface area contributed by atoms with E-state index in [-0.39, 0.29) is 5.56 Å². The predicted molar refractivity (Wildman–Crippen MR) is 64.7 cm³/mol. The van der Waals surface area contributed by atoms with Crippen molar-refractivity contribution in [3.05, 3.63) is 52.7 Å². The third-order valence-electron chi connectivity index (χ3n) is 2.70. The summed E-state index contributed by atoms with van der Waals surface area (Å²) >= 11 is 0. The first kappa shape index (κ1) is 13.2. The van der Waals surface area contributed by atoms with Crippen LogP contribution in [0.2, 0.25) is 0 Å². The maximum absolute atomic E-state index is 12.4. The zero-order valence-corrected chi connectivity index (χ0v) is 10.3. The van der Waals surface area contributed by atoms with E-state index in [0.29, 0.717) is 5.69 Å². The number of aromatic amines is 1. The molecule has 0 saturated heterocycles. The molecule has 0 bridgehead atoms. The molecule has 1 N–H and O–H groups in total. The standard InChI is InChI=1S/C12H7F3N4O2/c13-12(14,15)11-17-9(21-18-11)8-6-16-19(10(8)20)7-4-2-1-3-5-7/h1-6,16H. The van der Waals surface area contributed by atoms with Gasteiger partial charge in [0.15, 0.2) is 0 Å². The van der Waals surface area contributed by atoms with Crippen LogP contribution in [0.4, 0.5) is 13.2 Å². The van der Waals surface area contributed by atoms with Crippen LogP contribution in [-0.4, -0.2) is 19.9 Å². The van der Waals surface area contributed by atoms with Gasteiger partial charge in [0.25, 0.3) is 17.3 Å². The van der Waals surface area contributed by atoms with Crippen molar-refractivity contribution in [2.24, 2.45) is 0 Å². The molecule has 2 heterocycles. The predicted octanol–water partition coefficient (Wildman–Crippen LogP) is 2.23. The molecule has 0 atom stereocenters. The van der Waals surface area contributed by atoms with Gasteiger partial charge in [0.05, 0.1) is 5.69 Å². The molecule has 3 aromatic rings. The fourth-order valence-electron chi connectivity index (χ4n) is 1.74. The van der Waals surface area contributed by atoms with Crippen LogP contribution in [0.25, 0.3) is 17.1 Å². The molecule has 1 aromatic carbocycles. The van der Waals surface area contributed by atoms with Gasteiger partial charge in [0.2, 0.25) is 0 Å². The summed E-state index contributed by atoms with van der Waals surface area (Å²) < 4.78 is 42.9. The Labute approximate surface area is 114 Å². The van der Waals surface area contributed by atoms with E-state index in [2.05, 4.69) is 19.8 Å². The van der Waals surface area contributed by atoms with Gasteiger partial charge in [-0.2, -0.15) is 18.2 Å². The van der Waals surface area contributed by atoms with E-state index in [4.69, 9.17) is 0 Å². The van der Waals surface area contributed by atoms with E-state index in [0.717, 1.165) is 4.68 Å². The smallest absolute Gasteiger partial charge is 0.333 e. The van der Waals surface area contributed by atoms with Crippen molar-refractivity contribution in [3.63, 3.8) is 0 Å². The molecule has 108 valence electrons. The van der Waals surface area contributed by atoms with Crippen molar-refractivity contribution >= 4 is 0 Å². The maximum Gasteiger partial charge on any atom is 0.455 e. The molecule has 0 aliphatic rings. The Morgan fingerprint density at radius 3 is 2.52 bits per heavy atom. The van der Waals surface area contributed by atoms with Crippen LogP contribution in [-0.2, 0) is 6.18 Å². The van der Waals surface area contributed by atoms with Gasteiger partial charge in [-0.1, -0.05) is 23.4 Å². The first-order valence-corrected chi connectivity index (χ1v) is 5.74. The Hall–Kier alpha value is -2.84. The quantitative estimate of drug-likeness (QED) is 0.786. The molecule has 21 heavy (non-hydrogen) atoms. The molecule has 0 unspecified atom stereocenters. The molecule has 6 nitrogen and oxygen atoms in total. The van der Waals surface area contributed by atoms with Crippen molar-refractivity contribution in [2.45, 2.75) is 6.18 Å². The topological polar surface area (TPSA) is 76.7 Å². The molecule has 0 aliphatic carbocycles. The highest BCUT2D eigenvalue weighted by atomic mass is 19.4. The molecule has 0 radical (unpaired) electrons. The first-order chi connectivity index (χ1) is 9.97. The second-order valence-electron chi connectivity index (χ2n) is 4.08. The molecule has 0 amide bonds. The van der Waals surface area contributed by atoms with Gasteiger partial charge in [-0.25, -0.2) is 4.68 Å². The van der Waals surface area contributed by atoms with Gasteiger partial charge >= 0.3 is 6.18 Å². The van der Waals surface area contributed by atoms with Crippen molar-refractivity contribution in [1.29, 1.82) is 0 Å². The van der Waals surface area contributed by atoms with Crippen molar-refractivity contribution < 1.29 is 17.7 Å². The number of benzene rings is 1. The molecule has 0 saturated carbocycles. The van der Waals surface area contributed by atoms with Gasteiger partial charge < -0.3 is 4.52 Å². The molecule has 9 heteroatoms. The van der Waals surface area contributed by atoms with Gasteiger partial charge in [-0.15, -0.1) is 0 Å². The minimum absolute atomic E-state index is 0.137. The molecule has 0 fully saturated rings. The minimum atomic E-state index is -4.73. The first-order valence-electron chi connectivity index (χ1n) is 5.74. The van der Waals surface area contributed by atoms with E-state index >= 15 is 0 Å². The fourth-order valence-corrected chi connectivity index (χ4v) is 1.74. The summed E-state index contributed by atoms with van der Waals surface area (Å²) in [5.74, 6) is -1.91. The lowest BCUT2D eigenvalue weighted by Gasteiger charge is -1.98. The molecule has 0 aliphatic heterocycles. The van der Waals surface area contributed by atoms with Crippen LogP contribution in [0.3, 0.4) is 0 Å². The normalized spacial score (nSPS) is 11.8. The van der Waals surface area contributed by atoms with Crippen LogP contribution in [0, 0.1) is 0 Å². The van der Waals surface area contributed by atoms with Crippen molar-refractivity contribution in [3.8, 4) is 17.1 Å². The number of aromatic nitrogens is 4.